The number of hydrogen-bond acceptors (Lipinski definition) is 5. The van der Waals surface area contributed by atoms with Gasteiger partial charge in [0.05, 0.1) is 10.8 Å². The minimum absolute atomic E-state index is 0.0475. The number of carbonyl (C=O) groups excluding carboxylic acids is 1. The lowest BCUT2D eigenvalue weighted by Gasteiger charge is -2.24. The topological polar surface area (TPSA) is 110 Å². The fourth-order valence-corrected chi connectivity index (χ4v) is 2.71. The van der Waals surface area contributed by atoms with E-state index in [-0.39, 0.29) is 18.8 Å². The van der Waals surface area contributed by atoms with Crippen molar-refractivity contribution in [1.82, 2.24) is 4.90 Å². The summed E-state index contributed by atoms with van der Waals surface area (Å²) >= 11 is 0. The van der Waals surface area contributed by atoms with Gasteiger partial charge in [-0.1, -0.05) is 12.1 Å². The molecule has 8 nitrogen and oxygen atoms in total. The van der Waals surface area contributed by atoms with Crippen LogP contribution in [0, 0.1) is 16.0 Å². The first-order chi connectivity index (χ1) is 11.1. The van der Waals surface area contributed by atoms with Crippen LogP contribution in [-0.2, 0) is 9.53 Å². The van der Waals surface area contributed by atoms with Crippen LogP contribution in [0.4, 0.5) is 10.5 Å². The van der Waals surface area contributed by atoms with Crippen LogP contribution < -0.4 is 0 Å². The van der Waals surface area contributed by atoms with Crippen molar-refractivity contribution in [2.75, 3.05) is 13.1 Å². The fourth-order valence-electron chi connectivity index (χ4n) is 2.71. The lowest BCUT2D eigenvalue weighted by molar-refractivity contribution is -0.384. The number of rotatable bonds is 3. The number of carboxylic acid groups (broad SMARTS) is 1. The Bertz CT molecular complexity index is 650. The molecule has 24 heavy (non-hydrogen) atoms. The number of likely N-dealkylation sites (tertiary alicyclic amines) is 1. The van der Waals surface area contributed by atoms with Crippen molar-refractivity contribution in [3.63, 3.8) is 0 Å². The zero-order valence-electron chi connectivity index (χ0n) is 13.8. The zero-order chi connectivity index (χ0) is 18.1. The zero-order valence-corrected chi connectivity index (χ0v) is 13.8. The lowest BCUT2D eigenvalue weighted by atomic mass is 9.89. The van der Waals surface area contributed by atoms with E-state index in [1.165, 1.54) is 29.2 Å². The molecule has 0 aliphatic carbocycles. The normalized spacial score (nSPS) is 20.7. The summed E-state index contributed by atoms with van der Waals surface area (Å²) in [4.78, 5) is 35.3. The third kappa shape index (κ3) is 4.01. The Labute approximate surface area is 139 Å². The lowest BCUT2D eigenvalue weighted by Crippen LogP contribution is -2.35. The SMILES string of the molecule is CC(C)(C)OC(=O)N1CC(C(=O)O)C(c2ccc([N+](=O)[O-])cc2)C1. The van der Waals surface area contributed by atoms with Crippen molar-refractivity contribution < 1.29 is 24.4 Å². The van der Waals surface area contributed by atoms with E-state index in [0.717, 1.165) is 0 Å². The predicted octanol–water partition coefficient (Wildman–Crippen LogP) is 2.63. The van der Waals surface area contributed by atoms with Gasteiger partial charge in [-0.15, -0.1) is 0 Å². The van der Waals surface area contributed by atoms with Crippen LogP contribution >= 0.6 is 0 Å². The van der Waals surface area contributed by atoms with Gasteiger partial charge < -0.3 is 14.7 Å². The van der Waals surface area contributed by atoms with Gasteiger partial charge in [0.15, 0.2) is 0 Å². The molecule has 1 amide bonds. The molecule has 2 atom stereocenters. The average Bonchev–Trinajstić information content (AvgIpc) is 2.91. The Kier molecular flexibility index (Phi) is 4.77. The molecule has 1 heterocycles. The molecule has 130 valence electrons. The highest BCUT2D eigenvalue weighted by molar-refractivity contribution is 5.76. The maximum absolute atomic E-state index is 12.2. The average molecular weight is 336 g/mol. The molecule has 0 radical (unpaired) electrons. The van der Waals surface area contributed by atoms with Crippen molar-refractivity contribution in [3.05, 3.63) is 39.9 Å². The molecule has 1 saturated heterocycles. The first-order valence-electron chi connectivity index (χ1n) is 7.53. The monoisotopic (exact) mass is 336 g/mol. The van der Waals surface area contributed by atoms with Gasteiger partial charge in [-0.3, -0.25) is 14.9 Å². The number of nitro groups is 1. The molecule has 0 aromatic heterocycles. The van der Waals surface area contributed by atoms with E-state index in [4.69, 9.17) is 4.74 Å². The summed E-state index contributed by atoms with van der Waals surface area (Å²) in [6, 6.07) is 5.75. The molecule has 1 aromatic carbocycles. The Morgan fingerprint density at radius 2 is 1.83 bits per heavy atom. The van der Waals surface area contributed by atoms with Gasteiger partial charge in [-0.25, -0.2) is 4.79 Å². The summed E-state index contributed by atoms with van der Waals surface area (Å²) in [6.07, 6.45) is -0.557. The van der Waals surface area contributed by atoms with Gasteiger partial charge in [0.2, 0.25) is 0 Å². The van der Waals surface area contributed by atoms with Crippen LogP contribution in [0.3, 0.4) is 0 Å². The van der Waals surface area contributed by atoms with E-state index in [9.17, 15) is 24.8 Å². The molecule has 1 fully saturated rings. The van der Waals surface area contributed by atoms with Crippen molar-refractivity contribution in [1.29, 1.82) is 0 Å². The third-order valence-electron chi connectivity index (χ3n) is 3.82. The van der Waals surface area contributed by atoms with Gasteiger partial charge in [-0.05, 0) is 26.3 Å². The predicted molar refractivity (Wildman–Crippen MR) is 84.8 cm³/mol. The molecule has 8 heteroatoms. The second-order valence-electron chi connectivity index (χ2n) is 6.79. The maximum Gasteiger partial charge on any atom is 0.410 e. The quantitative estimate of drug-likeness (QED) is 0.671. The molecule has 1 aliphatic heterocycles. The molecule has 1 aliphatic rings. The number of carboxylic acids is 1. The molecule has 0 spiro atoms. The Hall–Kier alpha value is -2.64. The highest BCUT2D eigenvalue weighted by Crippen LogP contribution is 2.34. The first kappa shape index (κ1) is 17.7. The van der Waals surface area contributed by atoms with E-state index in [1.807, 2.05) is 0 Å². The van der Waals surface area contributed by atoms with Crippen LogP contribution in [0.1, 0.15) is 32.3 Å². The van der Waals surface area contributed by atoms with E-state index in [2.05, 4.69) is 0 Å². The molecular formula is C16H20N2O6. The summed E-state index contributed by atoms with van der Waals surface area (Å²) < 4.78 is 5.29. The standard InChI is InChI=1S/C16H20N2O6/c1-16(2,3)24-15(21)17-8-12(13(9-17)14(19)20)10-4-6-11(7-5-10)18(22)23/h4-7,12-13H,8-9H2,1-3H3,(H,19,20). The van der Waals surface area contributed by atoms with Crippen LogP contribution in [0.5, 0.6) is 0 Å². The van der Waals surface area contributed by atoms with E-state index in [1.54, 1.807) is 20.8 Å². The molecule has 2 rings (SSSR count). The maximum atomic E-state index is 12.2. The summed E-state index contributed by atoms with van der Waals surface area (Å²) in [5.41, 5.74) is -0.0759. The highest BCUT2D eigenvalue weighted by Gasteiger charge is 2.41. The van der Waals surface area contributed by atoms with Crippen LogP contribution in [0.2, 0.25) is 0 Å². The Morgan fingerprint density at radius 1 is 1.25 bits per heavy atom. The van der Waals surface area contributed by atoms with Crippen molar-refractivity contribution in [2.24, 2.45) is 5.92 Å². The van der Waals surface area contributed by atoms with Gasteiger partial charge in [-0.2, -0.15) is 0 Å². The third-order valence-corrected chi connectivity index (χ3v) is 3.82. The van der Waals surface area contributed by atoms with E-state index in [0.29, 0.717) is 5.56 Å². The second-order valence-corrected chi connectivity index (χ2v) is 6.79. The molecule has 0 saturated carbocycles. The minimum atomic E-state index is -1.01. The highest BCUT2D eigenvalue weighted by atomic mass is 16.6. The van der Waals surface area contributed by atoms with E-state index < -0.39 is 34.4 Å². The van der Waals surface area contributed by atoms with Crippen molar-refractivity contribution in [3.8, 4) is 0 Å². The number of nitrogens with zero attached hydrogens (tertiary/aromatic N) is 2. The summed E-state index contributed by atoms with van der Waals surface area (Å²) in [5.74, 6) is -2.22. The molecule has 1 aromatic rings. The summed E-state index contributed by atoms with van der Waals surface area (Å²) in [6.45, 7) is 5.46. The molecule has 0 bridgehead atoms. The Balaban J connectivity index is 2.20. The van der Waals surface area contributed by atoms with Crippen LogP contribution in [0.15, 0.2) is 24.3 Å². The number of hydrogen-bond donors (Lipinski definition) is 1. The molecule has 2 unspecified atom stereocenters. The van der Waals surface area contributed by atoms with Crippen LogP contribution in [0.25, 0.3) is 0 Å². The van der Waals surface area contributed by atoms with Gasteiger partial charge >= 0.3 is 12.1 Å². The fraction of sp³-hybridized carbons (Fsp3) is 0.500. The van der Waals surface area contributed by atoms with Gasteiger partial charge in [0, 0.05) is 31.1 Å². The minimum Gasteiger partial charge on any atom is -0.481 e. The number of aliphatic carboxylic acids is 1. The second kappa shape index (κ2) is 6.46. The summed E-state index contributed by atoms with van der Waals surface area (Å²) in [7, 11) is 0. The number of ether oxygens (including phenoxy) is 1. The molecular weight excluding hydrogens is 316 g/mol. The van der Waals surface area contributed by atoms with Gasteiger partial charge in [0.25, 0.3) is 5.69 Å². The largest absolute Gasteiger partial charge is 0.481 e. The number of nitro benzene ring substituents is 1. The van der Waals surface area contributed by atoms with Crippen molar-refractivity contribution in [2.45, 2.75) is 32.3 Å². The number of benzene rings is 1. The van der Waals surface area contributed by atoms with E-state index >= 15 is 0 Å². The number of carbonyl (C=O) groups is 2. The number of amides is 1. The van der Waals surface area contributed by atoms with Crippen molar-refractivity contribution >= 4 is 17.7 Å². The smallest absolute Gasteiger partial charge is 0.410 e. The number of non-ortho nitro benzene ring substituents is 1. The van der Waals surface area contributed by atoms with Crippen LogP contribution in [-0.4, -0.2) is 45.7 Å². The van der Waals surface area contributed by atoms with Gasteiger partial charge in [0.1, 0.15) is 5.60 Å². The molecule has 1 N–H and O–H groups in total. The Morgan fingerprint density at radius 3 is 2.29 bits per heavy atom. The summed E-state index contributed by atoms with van der Waals surface area (Å²) in [5, 5.41) is 20.2. The first-order valence-corrected chi connectivity index (χ1v) is 7.53.